The van der Waals surface area contributed by atoms with Crippen LogP contribution in [0.2, 0.25) is 5.02 Å². The number of nitrogens with zero attached hydrogens (tertiary/aromatic N) is 2. The summed E-state index contributed by atoms with van der Waals surface area (Å²) in [4.78, 5) is 2.96. The Labute approximate surface area is 66.0 Å². The van der Waals surface area contributed by atoms with Gasteiger partial charge in [-0.05, 0) is 0 Å². The molecule has 2 nitrogen and oxygen atoms in total. The van der Waals surface area contributed by atoms with E-state index in [1.165, 1.54) is 6.07 Å². The Morgan fingerprint density at radius 1 is 1.55 bits per heavy atom. The number of hydrogen-bond acceptors (Lipinski definition) is 2. The molecule has 0 radical (unpaired) electrons. The summed E-state index contributed by atoms with van der Waals surface area (Å²) in [5.41, 5.74) is -0.563. The third-order valence-electron chi connectivity index (χ3n) is 1.04. The molecule has 0 N–H and O–H groups in total. The van der Waals surface area contributed by atoms with Gasteiger partial charge >= 0.3 is 0 Å². The average molecular weight is 175 g/mol. The Bertz CT molecular complexity index is 332. The fourth-order valence-corrected chi connectivity index (χ4v) is 0.709. The quantitative estimate of drug-likeness (QED) is 0.563. The molecule has 1 aromatic heterocycles. The molecule has 0 saturated carbocycles. The van der Waals surface area contributed by atoms with Crippen LogP contribution in [0.15, 0.2) is 6.20 Å². The van der Waals surface area contributed by atoms with Crippen LogP contribution < -0.4 is 0 Å². The van der Waals surface area contributed by atoms with Gasteiger partial charge in [0.25, 0.3) is 0 Å². The predicted octanol–water partition coefficient (Wildman–Crippen LogP) is 1.88. The summed E-state index contributed by atoms with van der Waals surface area (Å²) < 4.78 is 24.9. The number of hydrogen-bond donors (Lipinski definition) is 0. The van der Waals surface area contributed by atoms with E-state index in [9.17, 15) is 8.78 Å². The molecule has 0 aliphatic rings. The zero-order chi connectivity index (χ0) is 8.43. The summed E-state index contributed by atoms with van der Waals surface area (Å²) in [5, 5.41) is 7.71. The van der Waals surface area contributed by atoms with Crippen molar-refractivity contribution in [3.8, 4) is 6.07 Å². The molecule has 56 valence electrons. The van der Waals surface area contributed by atoms with Crippen LogP contribution in [0, 0.1) is 23.1 Å². The van der Waals surface area contributed by atoms with Crippen LogP contribution >= 0.6 is 11.6 Å². The Kier molecular flexibility index (Phi) is 2.01. The van der Waals surface area contributed by atoms with Crippen LogP contribution in [0.1, 0.15) is 5.56 Å². The van der Waals surface area contributed by atoms with Crippen molar-refractivity contribution >= 4 is 11.6 Å². The number of rotatable bonds is 0. The molecule has 11 heavy (non-hydrogen) atoms. The number of halogens is 3. The smallest absolute Gasteiger partial charge is 0.224 e. The highest BCUT2D eigenvalue weighted by molar-refractivity contribution is 6.31. The molecule has 0 aromatic carbocycles. The highest BCUT2D eigenvalue weighted by Gasteiger charge is 2.11. The summed E-state index contributed by atoms with van der Waals surface area (Å²) in [6.07, 6.45) is 0.624. The molecule has 0 spiro atoms. The lowest BCUT2D eigenvalue weighted by Gasteiger charge is -1.95. The molecule has 0 atom stereocenters. The molecule has 0 unspecified atom stereocenters. The zero-order valence-electron chi connectivity index (χ0n) is 5.11. The summed E-state index contributed by atoms with van der Waals surface area (Å²) in [5.74, 6) is -1.96. The molecule has 0 bridgehead atoms. The first-order valence-corrected chi connectivity index (χ1v) is 2.94. The van der Waals surface area contributed by atoms with Crippen molar-refractivity contribution in [2.45, 2.75) is 0 Å². The molecule has 1 heterocycles. The van der Waals surface area contributed by atoms with Crippen LogP contribution in [-0.2, 0) is 0 Å². The van der Waals surface area contributed by atoms with Gasteiger partial charge in [0.2, 0.25) is 5.95 Å². The van der Waals surface area contributed by atoms with Gasteiger partial charge in [-0.3, -0.25) is 0 Å². The van der Waals surface area contributed by atoms with Gasteiger partial charge in [0.15, 0.2) is 5.82 Å². The first-order valence-electron chi connectivity index (χ1n) is 2.56. The molecular weight excluding hydrogens is 174 g/mol. The van der Waals surface area contributed by atoms with Gasteiger partial charge in [-0.1, -0.05) is 11.6 Å². The van der Waals surface area contributed by atoms with E-state index in [1.54, 1.807) is 0 Å². The summed E-state index contributed by atoms with van der Waals surface area (Å²) in [7, 11) is 0. The summed E-state index contributed by atoms with van der Waals surface area (Å²) >= 11 is 5.22. The van der Waals surface area contributed by atoms with Crippen molar-refractivity contribution in [1.82, 2.24) is 4.98 Å². The topological polar surface area (TPSA) is 36.7 Å². The van der Waals surface area contributed by atoms with Crippen molar-refractivity contribution < 1.29 is 8.78 Å². The number of nitriles is 1. The predicted molar refractivity (Wildman–Crippen MR) is 33.9 cm³/mol. The SMILES string of the molecule is N#Cc1c(F)ncc(F)c1Cl. The zero-order valence-corrected chi connectivity index (χ0v) is 5.86. The maximum Gasteiger partial charge on any atom is 0.232 e. The monoisotopic (exact) mass is 174 g/mol. The lowest BCUT2D eigenvalue weighted by Crippen LogP contribution is -1.92. The fraction of sp³-hybridized carbons (Fsp3) is 0. The molecule has 0 saturated heterocycles. The van der Waals surface area contributed by atoms with E-state index >= 15 is 0 Å². The maximum absolute atomic E-state index is 12.4. The molecule has 0 amide bonds. The third-order valence-corrected chi connectivity index (χ3v) is 1.41. The van der Waals surface area contributed by atoms with Crippen molar-refractivity contribution in [3.05, 3.63) is 28.5 Å². The molecular formula is C6HClF2N2. The largest absolute Gasteiger partial charge is 0.232 e. The van der Waals surface area contributed by atoms with Crippen molar-refractivity contribution in [2.24, 2.45) is 0 Å². The molecule has 5 heteroatoms. The summed E-state index contributed by atoms with van der Waals surface area (Å²) in [6.45, 7) is 0. The van der Waals surface area contributed by atoms with Crippen LogP contribution in [0.4, 0.5) is 8.78 Å². The second-order valence-electron chi connectivity index (χ2n) is 1.70. The van der Waals surface area contributed by atoms with Crippen LogP contribution in [0.25, 0.3) is 0 Å². The van der Waals surface area contributed by atoms with Gasteiger partial charge in [0.05, 0.1) is 6.20 Å². The van der Waals surface area contributed by atoms with Gasteiger partial charge in [-0.15, -0.1) is 0 Å². The van der Waals surface area contributed by atoms with Crippen molar-refractivity contribution in [1.29, 1.82) is 5.26 Å². The molecule has 0 aliphatic heterocycles. The minimum absolute atomic E-state index is 0.528. The van der Waals surface area contributed by atoms with E-state index in [0.717, 1.165) is 0 Å². The van der Waals surface area contributed by atoms with Gasteiger partial charge in [0, 0.05) is 0 Å². The van der Waals surface area contributed by atoms with Gasteiger partial charge in [-0.2, -0.15) is 9.65 Å². The lowest BCUT2D eigenvalue weighted by atomic mass is 10.3. The second kappa shape index (κ2) is 2.81. The average Bonchev–Trinajstić information content (AvgIpc) is 1.99. The molecule has 0 fully saturated rings. The molecule has 1 aromatic rings. The van der Waals surface area contributed by atoms with Crippen LogP contribution in [0.5, 0.6) is 0 Å². The standard InChI is InChI=1S/C6HClF2N2/c7-5-3(1-10)6(9)11-2-4(5)8/h2H. The maximum atomic E-state index is 12.4. The Hall–Kier alpha value is -1.21. The lowest BCUT2D eigenvalue weighted by molar-refractivity contribution is 0.556. The van der Waals surface area contributed by atoms with Gasteiger partial charge in [0.1, 0.15) is 16.7 Å². The highest BCUT2D eigenvalue weighted by atomic mass is 35.5. The summed E-state index contributed by atoms with van der Waals surface area (Å²) in [6, 6.07) is 1.39. The van der Waals surface area contributed by atoms with Crippen molar-refractivity contribution in [2.75, 3.05) is 0 Å². The Balaban J connectivity index is 3.44. The minimum Gasteiger partial charge on any atom is -0.224 e. The van der Waals surface area contributed by atoms with Gasteiger partial charge in [-0.25, -0.2) is 9.37 Å². The first-order chi connectivity index (χ1) is 5.16. The Morgan fingerprint density at radius 3 is 2.64 bits per heavy atom. The van der Waals surface area contributed by atoms with Crippen molar-refractivity contribution in [3.63, 3.8) is 0 Å². The van der Waals surface area contributed by atoms with E-state index < -0.39 is 22.4 Å². The minimum atomic E-state index is -1.06. The van der Waals surface area contributed by atoms with Crippen LogP contribution in [0.3, 0.4) is 0 Å². The van der Waals surface area contributed by atoms with E-state index in [2.05, 4.69) is 4.98 Å². The molecule has 1 rings (SSSR count). The van der Waals surface area contributed by atoms with E-state index in [1.807, 2.05) is 0 Å². The first kappa shape index (κ1) is 7.89. The fourth-order valence-electron chi connectivity index (χ4n) is 0.540. The highest BCUT2D eigenvalue weighted by Crippen LogP contribution is 2.19. The van der Waals surface area contributed by atoms with E-state index in [0.29, 0.717) is 6.20 Å². The van der Waals surface area contributed by atoms with E-state index in [4.69, 9.17) is 16.9 Å². The molecule has 0 aliphatic carbocycles. The van der Waals surface area contributed by atoms with Gasteiger partial charge < -0.3 is 0 Å². The number of pyridine rings is 1. The van der Waals surface area contributed by atoms with E-state index in [-0.39, 0.29) is 0 Å². The second-order valence-corrected chi connectivity index (χ2v) is 2.08. The Morgan fingerprint density at radius 2 is 2.18 bits per heavy atom. The normalized spacial score (nSPS) is 9.27. The van der Waals surface area contributed by atoms with Crippen LogP contribution in [-0.4, -0.2) is 4.98 Å². The number of aromatic nitrogens is 1. The third kappa shape index (κ3) is 1.28.